The largest absolute Gasteiger partial charge is 0.393 e. The third-order valence-corrected chi connectivity index (χ3v) is 4.55. The molecule has 0 fully saturated rings. The standard InChI is InChI=1S/C9H21O5P/c1-5-12-9(4,8-10)15(11,13-6-2)14-7-3/h10H,5-8H2,1-4H3. The van der Waals surface area contributed by atoms with Crippen LogP contribution in [0.4, 0.5) is 0 Å². The van der Waals surface area contributed by atoms with E-state index < -0.39 is 19.5 Å². The zero-order valence-corrected chi connectivity index (χ0v) is 10.8. The minimum Gasteiger partial charge on any atom is -0.393 e. The summed E-state index contributed by atoms with van der Waals surface area (Å²) in [5.41, 5.74) is 0. The quantitative estimate of drug-likeness (QED) is 0.657. The molecule has 0 bridgehead atoms. The van der Waals surface area contributed by atoms with Gasteiger partial charge in [0, 0.05) is 6.61 Å². The molecule has 0 spiro atoms. The molecule has 0 aliphatic carbocycles. The Labute approximate surface area is 91.3 Å². The Morgan fingerprint density at radius 1 is 1.13 bits per heavy atom. The van der Waals surface area contributed by atoms with Crippen molar-refractivity contribution in [3.05, 3.63) is 0 Å². The van der Waals surface area contributed by atoms with Crippen LogP contribution in [0.25, 0.3) is 0 Å². The van der Waals surface area contributed by atoms with Crippen molar-refractivity contribution >= 4 is 7.60 Å². The minimum atomic E-state index is -3.43. The molecule has 1 N–H and O–H groups in total. The number of aliphatic hydroxyl groups excluding tert-OH is 1. The molecule has 0 rings (SSSR count). The van der Waals surface area contributed by atoms with Gasteiger partial charge in [0.05, 0.1) is 19.8 Å². The van der Waals surface area contributed by atoms with E-state index in [2.05, 4.69) is 0 Å². The maximum absolute atomic E-state index is 12.3. The first-order chi connectivity index (χ1) is 6.99. The van der Waals surface area contributed by atoms with Gasteiger partial charge < -0.3 is 18.9 Å². The van der Waals surface area contributed by atoms with Crippen LogP contribution in [0.5, 0.6) is 0 Å². The maximum Gasteiger partial charge on any atom is 0.364 e. The summed E-state index contributed by atoms with van der Waals surface area (Å²) in [5.74, 6) is 0. The monoisotopic (exact) mass is 240 g/mol. The van der Waals surface area contributed by atoms with Crippen LogP contribution in [0.3, 0.4) is 0 Å². The summed E-state index contributed by atoms with van der Waals surface area (Å²) in [7, 11) is -3.43. The van der Waals surface area contributed by atoms with Crippen LogP contribution in [0.2, 0.25) is 0 Å². The van der Waals surface area contributed by atoms with Crippen LogP contribution in [0.15, 0.2) is 0 Å². The van der Waals surface area contributed by atoms with E-state index in [0.717, 1.165) is 0 Å². The third kappa shape index (κ3) is 3.54. The lowest BCUT2D eigenvalue weighted by molar-refractivity contribution is -0.0265. The Kier molecular flexibility index (Phi) is 6.64. The molecule has 0 saturated carbocycles. The Morgan fingerprint density at radius 2 is 1.60 bits per heavy atom. The fraction of sp³-hybridized carbons (Fsp3) is 1.00. The van der Waals surface area contributed by atoms with E-state index in [-0.39, 0.29) is 13.2 Å². The second-order valence-corrected chi connectivity index (χ2v) is 5.56. The molecule has 1 atom stereocenters. The van der Waals surface area contributed by atoms with Gasteiger partial charge in [0.15, 0.2) is 5.34 Å². The van der Waals surface area contributed by atoms with Gasteiger partial charge in [-0.25, -0.2) is 0 Å². The smallest absolute Gasteiger partial charge is 0.364 e. The summed E-state index contributed by atoms with van der Waals surface area (Å²) in [4.78, 5) is 0. The molecule has 0 aromatic rings. The van der Waals surface area contributed by atoms with Gasteiger partial charge in [0.1, 0.15) is 0 Å². The molecular weight excluding hydrogens is 219 g/mol. The molecule has 5 nitrogen and oxygen atoms in total. The molecule has 0 saturated heterocycles. The highest BCUT2D eigenvalue weighted by Gasteiger charge is 2.47. The molecule has 0 aromatic carbocycles. The lowest BCUT2D eigenvalue weighted by Crippen LogP contribution is -2.35. The van der Waals surface area contributed by atoms with Crippen LogP contribution < -0.4 is 0 Å². The van der Waals surface area contributed by atoms with Crippen molar-refractivity contribution < 1.29 is 23.5 Å². The molecule has 0 amide bonds. The highest BCUT2D eigenvalue weighted by molar-refractivity contribution is 7.55. The van der Waals surface area contributed by atoms with Crippen LogP contribution in [0.1, 0.15) is 27.7 Å². The van der Waals surface area contributed by atoms with Crippen molar-refractivity contribution in [3.8, 4) is 0 Å². The van der Waals surface area contributed by atoms with Crippen molar-refractivity contribution in [1.82, 2.24) is 0 Å². The zero-order valence-electron chi connectivity index (χ0n) is 9.86. The molecule has 1 unspecified atom stereocenters. The van der Waals surface area contributed by atoms with E-state index in [9.17, 15) is 9.67 Å². The summed E-state index contributed by atoms with van der Waals surface area (Å²) in [6, 6.07) is 0. The van der Waals surface area contributed by atoms with Crippen molar-refractivity contribution in [2.45, 2.75) is 33.0 Å². The topological polar surface area (TPSA) is 65.0 Å². The number of aliphatic hydroxyl groups is 1. The maximum atomic E-state index is 12.3. The highest BCUT2D eigenvalue weighted by atomic mass is 31.2. The fourth-order valence-corrected chi connectivity index (χ4v) is 2.93. The average Bonchev–Trinajstić information content (AvgIpc) is 2.18. The zero-order chi connectivity index (χ0) is 11.9. The number of rotatable bonds is 8. The van der Waals surface area contributed by atoms with Gasteiger partial charge in [-0.2, -0.15) is 0 Å². The van der Waals surface area contributed by atoms with Gasteiger partial charge in [0.2, 0.25) is 0 Å². The molecule has 0 aliphatic heterocycles. The van der Waals surface area contributed by atoms with E-state index in [0.29, 0.717) is 6.61 Å². The lowest BCUT2D eigenvalue weighted by atomic mass is 10.4. The Morgan fingerprint density at radius 3 is 1.87 bits per heavy atom. The lowest BCUT2D eigenvalue weighted by Gasteiger charge is -2.33. The molecule has 0 radical (unpaired) electrons. The van der Waals surface area contributed by atoms with Crippen LogP contribution in [0, 0.1) is 0 Å². The SMILES string of the molecule is CCOC(C)(CO)P(=O)(OCC)OCC. The van der Waals surface area contributed by atoms with E-state index in [1.807, 2.05) is 0 Å². The molecule has 0 heterocycles. The first-order valence-electron chi connectivity index (χ1n) is 5.13. The summed E-state index contributed by atoms with van der Waals surface area (Å²) in [6.07, 6.45) is 0. The molecule has 15 heavy (non-hydrogen) atoms. The molecule has 0 aliphatic rings. The summed E-state index contributed by atoms with van der Waals surface area (Å²) < 4.78 is 27.9. The molecular formula is C9H21O5P. The summed E-state index contributed by atoms with van der Waals surface area (Å²) in [6.45, 7) is 7.16. The molecule has 0 aromatic heterocycles. The Balaban J connectivity index is 4.91. The van der Waals surface area contributed by atoms with Crippen LogP contribution in [-0.4, -0.2) is 36.9 Å². The van der Waals surface area contributed by atoms with Gasteiger partial charge >= 0.3 is 7.60 Å². The summed E-state index contributed by atoms with van der Waals surface area (Å²) >= 11 is 0. The van der Waals surface area contributed by atoms with Gasteiger partial charge in [0.25, 0.3) is 0 Å². The number of hydrogen-bond donors (Lipinski definition) is 1. The Hall–Kier alpha value is 0.0700. The van der Waals surface area contributed by atoms with E-state index in [4.69, 9.17) is 13.8 Å². The fourth-order valence-electron chi connectivity index (χ4n) is 1.17. The van der Waals surface area contributed by atoms with Gasteiger partial charge in [-0.1, -0.05) is 0 Å². The van der Waals surface area contributed by atoms with Gasteiger partial charge in [-0.15, -0.1) is 0 Å². The third-order valence-electron chi connectivity index (χ3n) is 1.93. The highest BCUT2D eigenvalue weighted by Crippen LogP contribution is 2.60. The molecule has 92 valence electrons. The van der Waals surface area contributed by atoms with Crippen molar-refractivity contribution in [2.24, 2.45) is 0 Å². The minimum absolute atomic E-state index is 0.250. The van der Waals surface area contributed by atoms with Crippen LogP contribution >= 0.6 is 7.60 Å². The second kappa shape index (κ2) is 6.61. The average molecular weight is 240 g/mol. The number of hydrogen-bond acceptors (Lipinski definition) is 5. The first kappa shape index (κ1) is 15.1. The number of ether oxygens (including phenoxy) is 1. The first-order valence-corrected chi connectivity index (χ1v) is 6.68. The Bertz CT molecular complexity index is 211. The second-order valence-electron chi connectivity index (χ2n) is 3.10. The molecule has 6 heteroatoms. The van der Waals surface area contributed by atoms with Crippen LogP contribution in [-0.2, 0) is 18.3 Å². The summed E-state index contributed by atoms with van der Waals surface area (Å²) in [5, 5.41) is 7.96. The predicted octanol–water partition coefficient (Wildman–Crippen LogP) is 2.00. The van der Waals surface area contributed by atoms with Gasteiger partial charge in [-0.3, -0.25) is 4.57 Å². The van der Waals surface area contributed by atoms with E-state index in [1.165, 1.54) is 6.92 Å². The normalized spacial score (nSPS) is 16.3. The van der Waals surface area contributed by atoms with Crippen molar-refractivity contribution in [2.75, 3.05) is 26.4 Å². The van der Waals surface area contributed by atoms with Crippen molar-refractivity contribution in [3.63, 3.8) is 0 Å². The van der Waals surface area contributed by atoms with Crippen molar-refractivity contribution in [1.29, 1.82) is 0 Å². The van der Waals surface area contributed by atoms with Gasteiger partial charge in [-0.05, 0) is 27.7 Å². The van der Waals surface area contributed by atoms with E-state index in [1.54, 1.807) is 20.8 Å². The predicted molar refractivity (Wildman–Crippen MR) is 58.0 cm³/mol. The van der Waals surface area contributed by atoms with E-state index >= 15 is 0 Å².